The third-order valence-electron chi connectivity index (χ3n) is 4.86. The predicted molar refractivity (Wildman–Crippen MR) is 105 cm³/mol. The highest BCUT2D eigenvalue weighted by atomic mass is 127. The van der Waals surface area contributed by atoms with Crippen LogP contribution in [-0.2, 0) is 0 Å². The summed E-state index contributed by atoms with van der Waals surface area (Å²) in [4.78, 5) is 18.1. The standard InChI is InChI=1S/C20H19IN2O/c21-17-7-5-15(6-8-17)20(24)23-11-9-14(10-12-23)19-13-16-3-1-2-4-18(16)22-19/h1-8,13-14,22H,9-12H2. The summed E-state index contributed by atoms with van der Waals surface area (Å²) in [5.74, 6) is 0.666. The summed E-state index contributed by atoms with van der Waals surface area (Å²) < 4.78 is 1.15. The highest BCUT2D eigenvalue weighted by molar-refractivity contribution is 14.1. The zero-order valence-corrected chi connectivity index (χ0v) is 15.5. The number of fused-ring (bicyclic) bond motifs is 1. The van der Waals surface area contributed by atoms with Crippen molar-refractivity contribution in [3.63, 3.8) is 0 Å². The highest BCUT2D eigenvalue weighted by Gasteiger charge is 2.25. The average Bonchev–Trinajstić information content (AvgIpc) is 3.06. The Hall–Kier alpha value is -1.82. The molecule has 1 amide bonds. The van der Waals surface area contributed by atoms with E-state index in [0.717, 1.165) is 35.1 Å². The van der Waals surface area contributed by atoms with E-state index in [-0.39, 0.29) is 5.91 Å². The molecule has 0 radical (unpaired) electrons. The average molecular weight is 430 g/mol. The summed E-state index contributed by atoms with van der Waals surface area (Å²) >= 11 is 2.26. The Kier molecular flexibility index (Phi) is 4.31. The topological polar surface area (TPSA) is 36.1 Å². The zero-order valence-electron chi connectivity index (χ0n) is 13.3. The van der Waals surface area contributed by atoms with Crippen LogP contribution in [0.5, 0.6) is 0 Å². The number of likely N-dealkylation sites (tertiary alicyclic amines) is 1. The number of H-pyrrole nitrogens is 1. The van der Waals surface area contributed by atoms with Gasteiger partial charge >= 0.3 is 0 Å². The van der Waals surface area contributed by atoms with Gasteiger partial charge in [0.25, 0.3) is 5.91 Å². The van der Waals surface area contributed by atoms with Crippen LogP contribution in [0.4, 0.5) is 0 Å². The van der Waals surface area contributed by atoms with Gasteiger partial charge in [0.2, 0.25) is 0 Å². The SMILES string of the molecule is O=C(c1ccc(I)cc1)N1CCC(c2cc3ccccc3[nH]2)CC1. The predicted octanol–water partition coefficient (Wildman–Crippen LogP) is 4.79. The maximum absolute atomic E-state index is 12.6. The van der Waals surface area contributed by atoms with Gasteiger partial charge in [-0.3, -0.25) is 4.79 Å². The number of piperidine rings is 1. The van der Waals surface area contributed by atoms with E-state index in [1.807, 2.05) is 29.2 Å². The van der Waals surface area contributed by atoms with Crippen molar-refractivity contribution in [1.29, 1.82) is 0 Å². The number of rotatable bonds is 2. The number of hydrogen-bond donors (Lipinski definition) is 1. The highest BCUT2D eigenvalue weighted by Crippen LogP contribution is 2.30. The first-order valence-electron chi connectivity index (χ1n) is 8.33. The molecule has 1 saturated heterocycles. The van der Waals surface area contributed by atoms with Gasteiger partial charge in [-0.2, -0.15) is 0 Å². The monoisotopic (exact) mass is 430 g/mol. The molecule has 0 unspecified atom stereocenters. The minimum absolute atomic E-state index is 0.154. The van der Waals surface area contributed by atoms with Crippen LogP contribution < -0.4 is 0 Å². The Morgan fingerprint density at radius 2 is 1.75 bits per heavy atom. The van der Waals surface area contributed by atoms with Gasteiger partial charge in [0.15, 0.2) is 0 Å². The number of amides is 1. The first-order chi connectivity index (χ1) is 11.7. The molecule has 1 fully saturated rings. The molecule has 2 aromatic carbocycles. The van der Waals surface area contributed by atoms with Crippen LogP contribution in [0.15, 0.2) is 54.6 Å². The Morgan fingerprint density at radius 3 is 2.46 bits per heavy atom. The number of nitrogens with zero attached hydrogens (tertiary/aromatic N) is 1. The quantitative estimate of drug-likeness (QED) is 0.583. The molecule has 0 aliphatic carbocycles. The van der Waals surface area contributed by atoms with Gasteiger partial charge in [0.1, 0.15) is 0 Å². The van der Waals surface area contributed by atoms with Crippen LogP contribution in [-0.4, -0.2) is 28.9 Å². The molecule has 2 heterocycles. The lowest BCUT2D eigenvalue weighted by atomic mass is 9.93. The number of para-hydroxylation sites is 1. The number of hydrogen-bond acceptors (Lipinski definition) is 1. The number of carbonyl (C=O) groups excluding carboxylic acids is 1. The van der Waals surface area contributed by atoms with Crippen molar-refractivity contribution in [3.8, 4) is 0 Å². The van der Waals surface area contributed by atoms with Crippen LogP contribution in [0.2, 0.25) is 0 Å². The molecule has 4 heteroatoms. The number of aromatic amines is 1. The van der Waals surface area contributed by atoms with Gasteiger partial charge < -0.3 is 9.88 Å². The summed E-state index contributed by atoms with van der Waals surface area (Å²) in [5, 5.41) is 1.27. The smallest absolute Gasteiger partial charge is 0.253 e. The number of halogens is 1. The molecule has 0 atom stereocenters. The van der Waals surface area contributed by atoms with Crippen molar-refractivity contribution < 1.29 is 4.79 Å². The molecule has 3 nitrogen and oxygen atoms in total. The summed E-state index contributed by atoms with van der Waals surface area (Å²) in [7, 11) is 0. The van der Waals surface area contributed by atoms with Crippen molar-refractivity contribution >= 4 is 39.4 Å². The Balaban J connectivity index is 1.44. The molecule has 1 N–H and O–H groups in total. The summed E-state index contributed by atoms with van der Waals surface area (Å²) in [6.07, 6.45) is 2.03. The number of benzene rings is 2. The third-order valence-corrected chi connectivity index (χ3v) is 5.58. The Bertz CT molecular complexity index is 828. The van der Waals surface area contributed by atoms with Crippen LogP contribution in [0.25, 0.3) is 10.9 Å². The third kappa shape index (κ3) is 3.07. The molecule has 122 valence electrons. The normalized spacial score (nSPS) is 15.8. The second kappa shape index (κ2) is 6.59. The first-order valence-corrected chi connectivity index (χ1v) is 9.41. The van der Waals surface area contributed by atoms with Crippen LogP contribution in [0.3, 0.4) is 0 Å². The summed E-state index contributed by atoms with van der Waals surface area (Å²) in [6, 6.07) is 18.5. The Labute approximate surface area is 155 Å². The van der Waals surface area contributed by atoms with Gasteiger partial charge in [-0.15, -0.1) is 0 Å². The van der Waals surface area contributed by atoms with E-state index in [0.29, 0.717) is 5.92 Å². The summed E-state index contributed by atoms with van der Waals surface area (Å²) in [5.41, 5.74) is 3.29. The van der Waals surface area contributed by atoms with Gasteiger partial charge in [-0.25, -0.2) is 0 Å². The molecule has 24 heavy (non-hydrogen) atoms. The van der Waals surface area contributed by atoms with Crippen LogP contribution >= 0.6 is 22.6 Å². The molecule has 4 rings (SSSR count). The van der Waals surface area contributed by atoms with E-state index in [1.165, 1.54) is 16.6 Å². The number of nitrogens with one attached hydrogen (secondary N) is 1. The first kappa shape index (κ1) is 15.7. The molecule has 1 aliphatic heterocycles. The minimum Gasteiger partial charge on any atom is -0.358 e. The maximum atomic E-state index is 12.6. The van der Waals surface area contributed by atoms with Crippen molar-refractivity contribution in [3.05, 3.63) is 69.4 Å². The summed E-state index contributed by atoms with van der Waals surface area (Å²) in [6.45, 7) is 1.65. The lowest BCUT2D eigenvalue weighted by molar-refractivity contribution is 0.0712. The van der Waals surface area contributed by atoms with E-state index >= 15 is 0 Å². The maximum Gasteiger partial charge on any atom is 0.253 e. The molecule has 0 bridgehead atoms. The van der Waals surface area contributed by atoms with Crippen molar-refractivity contribution in [2.24, 2.45) is 0 Å². The molecular weight excluding hydrogens is 411 g/mol. The fourth-order valence-corrected chi connectivity index (χ4v) is 3.84. The van der Waals surface area contributed by atoms with E-state index in [4.69, 9.17) is 0 Å². The van der Waals surface area contributed by atoms with Gasteiger partial charge in [0.05, 0.1) is 0 Å². The minimum atomic E-state index is 0.154. The van der Waals surface area contributed by atoms with E-state index < -0.39 is 0 Å². The second-order valence-corrected chi connectivity index (χ2v) is 7.63. The molecule has 1 aliphatic rings. The van der Waals surface area contributed by atoms with E-state index in [2.05, 4.69) is 57.9 Å². The lowest BCUT2D eigenvalue weighted by Gasteiger charge is -2.31. The molecular formula is C20H19IN2O. The van der Waals surface area contributed by atoms with Crippen LogP contribution in [0, 0.1) is 3.57 Å². The fourth-order valence-electron chi connectivity index (χ4n) is 3.48. The Morgan fingerprint density at radius 1 is 1.04 bits per heavy atom. The second-order valence-electron chi connectivity index (χ2n) is 6.39. The largest absolute Gasteiger partial charge is 0.358 e. The molecule has 0 saturated carbocycles. The van der Waals surface area contributed by atoms with Crippen LogP contribution in [0.1, 0.15) is 34.8 Å². The molecule has 1 aromatic heterocycles. The van der Waals surface area contributed by atoms with Crippen molar-refractivity contribution in [1.82, 2.24) is 9.88 Å². The molecule has 0 spiro atoms. The van der Waals surface area contributed by atoms with Crippen molar-refractivity contribution in [2.75, 3.05) is 13.1 Å². The van der Waals surface area contributed by atoms with E-state index in [9.17, 15) is 4.79 Å². The number of carbonyl (C=O) groups is 1. The zero-order chi connectivity index (χ0) is 16.5. The lowest BCUT2D eigenvalue weighted by Crippen LogP contribution is -2.37. The van der Waals surface area contributed by atoms with Gasteiger partial charge in [-0.05, 0) is 77.2 Å². The van der Waals surface area contributed by atoms with Gasteiger partial charge in [0, 0.05) is 39.4 Å². The number of aromatic nitrogens is 1. The van der Waals surface area contributed by atoms with E-state index in [1.54, 1.807) is 0 Å². The fraction of sp³-hybridized carbons (Fsp3) is 0.250. The van der Waals surface area contributed by atoms with Crippen molar-refractivity contribution in [2.45, 2.75) is 18.8 Å². The molecule has 3 aromatic rings. The van der Waals surface area contributed by atoms with Gasteiger partial charge in [-0.1, -0.05) is 18.2 Å².